The number of sulfone groups is 1. The summed E-state index contributed by atoms with van der Waals surface area (Å²) in [4.78, 5) is 13.7. The largest absolute Gasteiger partial charge is 0.350 e. The molecule has 0 spiro atoms. The van der Waals surface area contributed by atoms with Crippen molar-refractivity contribution in [2.24, 2.45) is 5.73 Å². The third kappa shape index (κ3) is 3.57. The lowest BCUT2D eigenvalue weighted by atomic mass is 10.2. The highest BCUT2D eigenvalue weighted by molar-refractivity contribution is 7.91. The van der Waals surface area contributed by atoms with Gasteiger partial charge in [0.05, 0.1) is 29.5 Å². The molecule has 0 aliphatic carbocycles. The maximum atomic E-state index is 11.8. The number of nitrogens with zero attached hydrogens (tertiary/aromatic N) is 1. The number of likely N-dealkylation sites (tertiary alicyclic amines) is 1. The van der Waals surface area contributed by atoms with Crippen LogP contribution < -0.4 is 11.1 Å². The summed E-state index contributed by atoms with van der Waals surface area (Å²) in [6.07, 6.45) is 0.892. The van der Waals surface area contributed by atoms with Gasteiger partial charge in [-0.2, -0.15) is 0 Å². The quantitative estimate of drug-likeness (QED) is 0.621. The zero-order valence-corrected chi connectivity index (χ0v) is 11.6. The molecule has 2 saturated heterocycles. The van der Waals surface area contributed by atoms with E-state index in [0.29, 0.717) is 6.54 Å². The van der Waals surface area contributed by atoms with Gasteiger partial charge in [-0.1, -0.05) is 0 Å². The van der Waals surface area contributed by atoms with Gasteiger partial charge in [0.15, 0.2) is 9.84 Å². The van der Waals surface area contributed by atoms with Crippen LogP contribution in [0.25, 0.3) is 0 Å². The average molecular weight is 296 g/mol. The van der Waals surface area contributed by atoms with Crippen LogP contribution in [0.15, 0.2) is 0 Å². The summed E-state index contributed by atoms with van der Waals surface area (Å²) in [5.41, 5.74) is 5.75. The Kier molecular flexibility index (Phi) is 4.15. The SMILES string of the molecule is N[C@@H]1CCN(CC(=O)NC2CS(=O)(=O)CC2Cl)C1. The van der Waals surface area contributed by atoms with Crippen LogP contribution in [0.2, 0.25) is 0 Å². The Morgan fingerprint density at radius 1 is 1.44 bits per heavy atom. The molecule has 6 nitrogen and oxygen atoms in total. The first-order valence-electron chi connectivity index (χ1n) is 5.97. The van der Waals surface area contributed by atoms with Crippen LogP contribution >= 0.6 is 11.6 Å². The molecule has 18 heavy (non-hydrogen) atoms. The van der Waals surface area contributed by atoms with Gasteiger partial charge in [0.2, 0.25) is 5.91 Å². The second-order valence-electron chi connectivity index (χ2n) is 5.05. The van der Waals surface area contributed by atoms with E-state index in [-0.39, 0.29) is 30.0 Å². The van der Waals surface area contributed by atoms with Gasteiger partial charge in [-0.3, -0.25) is 9.69 Å². The highest BCUT2D eigenvalue weighted by Gasteiger charge is 2.37. The van der Waals surface area contributed by atoms with Crippen molar-refractivity contribution in [3.8, 4) is 0 Å². The van der Waals surface area contributed by atoms with Crippen LogP contribution in [0.1, 0.15) is 6.42 Å². The summed E-state index contributed by atoms with van der Waals surface area (Å²) in [7, 11) is -3.11. The Bertz CT molecular complexity index is 428. The van der Waals surface area contributed by atoms with Crippen LogP contribution in [-0.2, 0) is 14.6 Å². The Morgan fingerprint density at radius 2 is 2.17 bits per heavy atom. The zero-order chi connectivity index (χ0) is 13.3. The summed E-state index contributed by atoms with van der Waals surface area (Å²) in [5, 5.41) is 2.17. The van der Waals surface area contributed by atoms with Gasteiger partial charge in [0.1, 0.15) is 0 Å². The van der Waals surface area contributed by atoms with Crippen LogP contribution in [0.4, 0.5) is 0 Å². The maximum absolute atomic E-state index is 11.8. The molecule has 0 aromatic carbocycles. The van der Waals surface area contributed by atoms with Gasteiger partial charge in [-0.25, -0.2) is 8.42 Å². The standard InChI is InChI=1S/C10H18ClN3O3S/c11-8-5-18(16,17)6-9(8)13-10(15)4-14-2-1-7(12)3-14/h7-9H,1-6,12H2,(H,13,15)/t7-,8?,9?/m1/s1. The highest BCUT2D eigenvalue weighted by atomic mass is 35.5. The fourth-order valence-corrected chi connectivity index (χ4v) is 4.95. The molecule has 3 atom stereocenters. The Morgan fingerprint density at radius 3 is 2.67 bits per heavy atom. The number of alkyl halides is 1. The number of nitrogens with one attached hydrogen (secondary N) is 1. The minimum atomic E-state index is -3.11. The number of halogens is 1. The van der Waals surface area contributed by atoms with E-state index in [1.54, 1.807) is 0 Å². The molecule has 0 aromatic heterocycles. The van der Waals surface area contributed by atoms with Crippen LogP contribution in [-0.4, -0.2) is 67.8 Å². The van der Waals surface area contributed by atoms with E-state index in [1.807, 2.05) is 4.90 Å². The topological polar surface area (TPSA) is 92.5 Å². The van der Waals surface area contributed by atoms with Crippen molar-refractivity contribution in [2.45, 2.75) is 23.9 Å². The molecule has 2 heterocycles. The summed E-state index contributed by atoms with van der Waals surface area (Å²) in [5.74, 6) is -0.308. The molecule has 0 saturated carbocycles. The number of hydrogen-bond donors (Lipinski definition) is 2. The van der Waals surface area contributed by atoms with Crippen molar-refractivity contribution in [1.82, 2.24) is 10.2 Å². The molecule has 0 radical (unpaired) electrons. The van der Waals surface area contributed by atoms with Gasteiger partial charge in [-0.05, 0) is 6.42 Å². The van der Waals surface area contributed by atoms with Crippen LogP contribution in [0.5, 0.6) is 0 Å². The highest BCUT2D eigenvalue weighted by Crippen LogP contribution is 2.18. The zero-order valence-electron chi connectivity index (χ0n) is 10.0. The summed E-state index contributed by atoms with van der Waals surface area (Å²) in [6, 6.07) is -0.342. The van der Waals surface area contributed by atoms with Crippen molar-refractivity contribution in [3.63, 3.8) is 0 Å². The molecule has 0 bridgehead atoms. The lowest BCUT2D eigenvalue weighted by Gasteiger charge is -2.18. The molecule has 2 aliphatic rings. The average Bonchev–Trinajstić information content (AvgIpc) is 2.71. The molecule has 2 aliphatic heterocycles. The first-order valence-corrected chi connectivity index (χ1v) is 8.23. The van der Waals surface area contributed by atoms with Crippen molar-refractivity contribution in [3.05, 3.63) is 0 Å². The number of hydrogen-bond acceptors (Lipinski definition) is 5. The summed E-state index contributed by atoms with van der Waals surface area (Å²) in [6.45, 7) is 1.77. The number of rotatable bonds is 3. The third-order valence-corrected chi connectivity index (χ3v) is 5.68. The summed E-state index contributed by atoms with van der Waals surface area (Å²) >= 11 is 5.92. The van der Waals surface area contributed by atoms with E-state index < -0.39 is 21.3 Å². The molecule has 2 rings (SSSR count). The van der Waals surface area contributed by atoms with Crippen LogP contribution in [0, 0.1) is 0 Å². The van der Waals surface area contributed by atoms with Crippen LogP contribution in [0.3, 0.4) is 0 Å². The number of nitrogens with two attached hydrogens (primary N) is 1. The first-order chi connectivity index (χ1) is 8.35. The minimum absolute atomic E-state index is 0.0614. The Hall–Kier alpha value is -0.370. The molecule has 2 unspecified atom stereocenters. The number of amides is 1. The summed E-state index contributed by atoms with van der Waals surface area (Å²) < 4.78 is 22.7. The number of carbonyl (C=O) groups is 1. The van der Waals surface area contributed by atoms with E-state index in [2.05, 4.69) is 5.32 Å². The van der Waals surface area contributed by atoms with E-state index in [1.165, 1.54) is 0 Å². The van der Waals surface area contributed by atoms with Crippen molar-refractivity contribution >= 4 is 27.3 Å². The second-order valence-corrected chi connectivity index (χ2v) is 7.77. The van der Waals surface area contributed by atoms with Gasteiger partial charge in [0.25, 0.3) is 0 Å². The fraction of sp³-hybridized carbons (Fsp3) is 0.900. The van der Waals surface area contributed by atoms with Gasteiger partial charge >= 0.3 is 0 Å². The van der Waals surface area contributed by atoms with Gasteiger partial charge in [0, 0.05) is 19.1 Å². The predicted octanol–water partition coefficient (Wildman–Crippen LogP) is -1.46. The Labute approximate surface area is 112 Å². The van der Waals surface area contributed by atoms with E-state index >= 15 is 0 Å². The van der Waals surface area contributed by atoms with Gasteiger partial charge < -0.3 is 11.1 Å². The van der Waals surface area contributed by atoms with Crippen molar-refractivity contribution in [2.75, 3.05) is 31.1 Å². The number of carbonyl (C=O) groups excluding carboxylic acids is 1. The molecule has 0 aromatic rings. The normalized spacial score (nSPS) is 35.8. The van der Waals surface area contributed by atoms with E-state index in [9.17, 15) is 13.2 Å². The molecular formula is C10H18ClN3O3S. The molecule has 104 valence electrons. The lowest BCUT2D eigenvalue weighted by molar-refractivity contribution is -0.122. The smallest absolute Gasteiger partial charge is 0.234 e. The minimum Gasteiger partial charge on any atom is -0.350 e. The second kappa shape index (κ2) is 5.32. The molecule has 1 amide bonds. The third-order valence-electron chi connectivity index (χ3n) is 3.31. The van der Waals surface area contributed by atoms with Crippen molar-refractivity contribution < 1.29 is 13.2 Å². The molecular weight excluding hydrogens is 278 g/mol. The predicted molar refractivity (Wildman–Crippen MR) is 69.3 cm³/mol. The molecule has 2 fully saturated rings. The van der Waals surface area contributed by atoms with E-state index in [0.717, 1.165) is 13.0 Å². The fourth-order valence-electron chi connectivity index (χ4n) is 2.40. The van der Waals surface area contributed by atoms with E-state index in [4.69, 9.17) is 17.3 Å². The molecule has 3 N–H and O–H groups in total. The lowest BCUT2D eigenvalue weighted by Crippen LogP contribution is -2.45. The van der Waals surface area contributed by atoms with Gasteiger partial charge in [-0.15, -0.1) is 11.6 Å². The van der Waals surface area contributed by atoms with Crippen molar-refractivity contribution in [1.29, 1.82) is 0 Å². The monoisotopic (exact) mass is 295 g/mol. The molecule has 8 heteroatoms. The first kappa shape index (κ1) is 14.0. The maximum Gasteiger partial charge on any atom is 0.234 e. The Balaban J connectivity index is 1.81.